The highest BCUT2D eigenvalue weighted by molar-refractivity contribution is 5.86. The molecule has 0 aliphatic heterocycles. The Balaban J connectivity index is 2.70. The van der Waals surface area contributed by atoms with Crippen LogP contribution in [0.15, 0.2) is 18.7 Å². The Labute approximate surface area is 80.0 Å². The van der Waals surface area contributed by atoms with E-state index in [1.54, 1.807) is 16.9 Å². The molecule has 0 fully saturated rings. The molecule has 14 heavy (non-hydrogen) atoms. The van der Waals surface area contributed by atoms with Crippen molar-refractivity contribution in [3.8, 4) is 0 Å². The van der Waals surface area contributed by atoms with E-state index in [1.165, 1.54) is 6.20 Å². The number of carboxylic acids is 1. The summed E-state index contributed by atoms with van der Waals surface area (Å²) in [5.41, 5.74) is 1.66. The van der Waals surface area contributed by atoms with Crippen molar-refractivity contribution < 1.29 is 9.90 Å². The van der Waals surface area contributed by atoms with Gasteiger partial charge in [0.1, 0.15) is 12.0 Å². The number of carboxylic acid groups (broad SMARTS) is 1. The average molecular weight is 191 g/mol. The lowest BCUT2D eigenvalue weighted by atomic mass is 10.2. The van der Waals surface area contributed by atoms with E-state index in [0.29, 0.717) is 5.65 Å². The molecule has 0 unspecified atom stereocenters. The minimum atomic E-state index is -1.02. The highest BCUT2D eigenvalue weighted by Gasteiger charge is 2.10. The van der Waals surface area contributed by atoms with Crippen LogP contribution in [0.1, 0.15) is 23.0 Å². The van der Waals surface area contributed by atoms with E-state index in [2.05, 4.69) is 9.97 Å². The number of aromatic carboxylic acids is 1. The van der Waals surface area contributed by atoms with Gasteiger partial charge in [0, 0.05) is 18.0 Å². The van der Waals surface area contributed by atoms with Crippen LogP contribution in [0, 0.1) is 0 Å². The van der Waals surface area contributed by atoms with Gasteiger partial charge in [0.25, 0.3) is 0 Å². The Bertz CT molecular complexity index is 490. The molecule has 5 heteroatoms. The van der Waals surface area contributed by atoms with E-state index in [0.717, 1.165) is 12.0 Å². The third kappa shape index (κ3) is 1.22. The summed E-state index contributed by atoms with van der Waals surface area (Å²) in [6.45, 7) is 1.98. The third-order valence-electron chi connectivity index (χ3n) is 2.04. The van der Waals surface area contributed by atoms with E-state index in [4.69, 9.17) is 5.11 Å². The van der Waals surface area contributed by atoms with Gasteiger partial charge in [-0.3, -0.25) is 4.40 Å². The first-order valence-corrected chi connectivity index (χ1v) is 4.27. The fourth-order valence-electron chi connectivity index (χ4n) is 1.32. The number of nitrogens with zero attached hydrogens (tertiary/aromatic N) is 3. The summed E-state index contributed by atoms with van der Waals surface area (Å²) in [6, 6.07) is 0. The lowest BCUT2D eigenvalue weighted by Gasteiger charge is -1.96. The summed E-state index contributed by atoms with van der Waals surface area (Å²) < 4.78 is 1.63. The number of imidazole rings is 1. The summed E-state index contributed by atoms with van der Waals surface area (Å²) in [7, 11) is 0. The number of hydrogen-bond acceptors (Lipinski definition) is 3. The molecule has 0 atom stereocenters. The zero-order valence-corrected chi connectivity index (χ0v) is 7.64. The molecule has 0 aliphatic carbocycles. The zero-order chi connectivity index (χ0) is 10.1. The maximum Gasteiger partial charge on any atom is 0.356 e. The van der Waals surface area contributed by atoms with Gasteiger partial charge in [-0.15, -0.1) is 0 Å². The van der Waals surface area contributed by atoms with Crippen molar-refractivity contribution in [1.29, 1.82) is 0 Å². The van der Waals surface area contributed by atoms with E-state index in [-0.39, 0.29) is 5.69 Å². The van der Waals surface area contributed by atoms with Crippen molar-refractivity contribution in [2.45, 2.75) is 13.3 Å². The first-order valence-electron chi connectivity index (χ1n) is 4.27. The second kappa shape index (κ2) is 3.10. The molecule has 0 spiro atoms. The Kier molecular flexibility index (Phi) is 1.92. The highest BCUT2D eigenvalue weighted by Crippen LogP contribution is 2.09. The lowest BCUT2D eigenvalue weighted by molar-refractivity contribution is 0.0691. The lowest BCUT2D eigenvalue weighted by Crippen LogP contribution is -1.95. The Hall–Kier alpha value is -1.91. The third-order valence-corrected chi connectivity index (χ3v) is 2.04. The van der Waals surface area contributed by atoms with Gasteiger partial charge in [0.15, 0.2) is 5.69 Å². The van der Waals surface area contributed by atoms with Gasteiger partial charge in [0.2, 0.25) is 0 Å². The van der Waals surface area contributed by atoms with E-state index in [1.807, 2.05) is 6.92 Å². The number of rotatable bonds is 2. The first-order chi connectivity index (χ1) is 6.72. The summed E-state index contributed by atoms with van der Waals surface area (Å²) in [4.78, 5) is 18.7. The summed E-state index contributed by atoms with van der Waals surface area (Å²) in [5.74, 6) is -1.02. The smallest absolute Gasteiger partial charge is 0.356 e. The fraction of sp³-hybridized carbons (Fsp3) is 0.222. The van der Waals surface area contributed by atoms with E-state index >= 15 is 0 Å². The standard InChI is InChI=1S/C9H9N3O2/c1-2-6-3-10-5-12-4-7(9(13)14)11-8(6)12/h3-5H,2H2,1H3,(H,13,14). The minimum Gasteiger partial charge on any atom is -0.476 e. The molecule has 0 aliphatic rings. The molecule has 2 aromatic heterocycles. The van der Waals surface area contributed by atoms with Crippen LogP contribution in [0.4, 0.5) is 0 Å². The molecule has 0 radical (unpaired) electrons. The van der Waals surface area contributed by atoms with Gasteiger partial charge in [-0.2, -0.15) is 0 Å². The maximum atomic E-state index is 10.7. The molecule has 5 nitrogen and oxygen atoms in total. The van der Waals surface area contributed by atoms with Crippen molar-refractivity contribution in [3.63, 3.8) is 0 Å². The molecule has 2 aromatic rings. The Morgan fingerprint density at radius 3 is 3.07 bits per heavy atom. The second-order valence-corrected chi connectivity index (χ2v) is 2.93. The van der Waals surface area contributed by atoms with E-state index in [9.17, 15) is 4.79 Å². The zero-order valence-electron chi connectivity index (χ0n) is 7.64. The van der Waals surface area contributed by atoms with Gasteiger partial charge in [-0.05, 0) is 6.42 Å². The van der Waals surface area contributed by atoms with Crippen LogP contribution in [0.3, 0.4) is 0 Å². The summed E-state index contributed by atoms with van der Waals surface area (Å²) >= 11 is 0. The topological polar surface area (TPSA) is 67.5 Å². The Morgan fingerprint density at radius 2 is 2.43 bits per heavy atom. The largest absolute Gasteiger partial charge is 0.476 e. The molecule has 0 saturated carbocycles. The molecule has 0 aromatic carbocycles. The SMILES string of the molecule is CCc1cncn2cc(C(=O)O)nc12. The predicted octanol–water partition coefficient (Wildman–Crippen LogP) is 0.990. The van der Waals surface area contributed by atoms with Crippen LogP contribution in [-0.2, 0) is 6.42 Å². The van der Waals surface area contributed by atoms with Crippen molar-refractivity contribution in [3.05, 3.63) is 30.0 Å². The van der Waals surface area contributed by atoms with Gasteiger partial charge in [-0.25, -0.2) is 14.8 Å². The number of aromatic nitrogens is 3. The molecular formula is C9H9N3O2. The van der Waals surface area contributed by atoms with E-state index < -0.39 is 5.97 Å². The number of aryl methyl sites for hydroxylation is 1. The molecule has 2 heterocycles. The van der Waals surface area contributed by atoms with Crippen LogP contribution < -0.4 is 0 Å². The number of carbonyl (C=O) groups is 1. The molecule has 1 N–H and O–H groups in total. The maximum absolute atomic E-state index is 10.7. The molecule has 0 saturated heterocycles. The number of hydrogen-bond donors (Lipinski definition) is 1. The highest BCUT2D eigenvalue weighted by atomic mass is 16.4. The summed E-state index contributed by atoms with van der Waals surface area (Å²) in [5, 5.41) is 8.75. The monoisotopic (exact) mass is 191 g/mol. The van der Waals surface area contributed by atoms with Crippen LogP contribution in [-0.4, -0.2) is 25.4 Å². The van der Waals surface area contributed by atoms with Gasteiger partial charge >= 0.3 is 5.97 Å². The first kappa shape index (κ1) is 8.68. The average Bonchev–Trinajstić information content (AvgIpc) is 2.60. The van der Waals surface area contributed by atoms with Gasteiger partial charge in [0.05, 0.1) is 0 Å². The van der Waals surface area contributed by atoms with Crippen molar-refractivity contribution in [1.82, 2.24) is 14.4 Å². The van der Waals surface area contributed by atoms with Crippen LogP contribution in [0.25, 0.3) is 5.65 Å². The fourth-order valence-corrected chi connectivity index (χ4v) is 1.32. The normalized spacial score (nSPS) is 10.6. The molecule has 2 rings (SSSR count). The van der Waals surface area contributed by atoms with Gasteiger partial charge < -0.3 is 5.11 Å². The van der Waals surface area contributed by atoms with Crippen LogP contribution >= 0.6 is 0 Å². The van der Waals surface area contributed by atoms with Crippen molar-refractivity contribution in [2.75, 3.05) is 0 Å². The molecular weight excluding hydrogens is 182 g/mol. The van der Waals surface area contributed by atoms with Crippen LogP contribution in [0.5, 0.6) is 0 Å². The summed E-state index contributed by atoms with van der Waals surface area (Å²) in [6.07, 6.45) is 5.50. The minimum absolute atomic E-state index is 0.0488. The molecule has 0 bridgehead atoms. The molecule has 72 valence electrons. The van der Waals surface area contributed by atoms with Crippen molar-refractivity contribution >= 4 is 11.6 Å². The quantitative estimate of drug-likeness (QED) is 0.768. The number of fused-ring (bicyclic) bond motifs is 1. The Morgan fingerprint density at radius 1 is 1.64 bits per heavy atom. The van der Waals surface area contributed by atoms with Crippen molar-refractivity contribution in [2.24, 2.45) is 0 Å². The second-order valence-electron chi connectivity index (χ2n) is 2.93. The predicted molar refractivity (Wildman–Crippen MR) is 49.3 cm³/mol. The molecule has 0 amide bonds. The van der Waals surface area contributed by atoms with Crippen LogP contribution in [0.2, 0.25) is 0 Å². The van der Waals surface area contributed by atoms with Gasteiger partial charge in [-0.1, -0.05) is 6.92 Å².